The van der Waals surface area contributed by atoms with Crippen LogP contribution in [0.25, 0.3) is 10.8 Å². The van der Waals surface area contributed by atoms with Gasteiger partial charge >= 0.3 is 0 Å². The van der Waals surface area contributed by atoms with Crippen LogP contribution < -0.4 is 5.73 Å². The fraction of sp³-hybridized carbons (Fsp3) is 0.211. The highest BCUT2D eigenvalue weighted by molar-refractivity contribution is 6.36. The van der Waals surface area contributed by atoms with E-state index in [0.717, 1.165) is 0 Å². The molecule has 0 aliphatic heterocycles. The van der Waals surface area contributed by atoms with Crippen molar-refractivity contribution in [2.75, 3.05) is 0 Å². The lowest BCUT2D eigenvalue weighted by Crippen LogP contribution is -2.56. The molecule has 0 heterocycles. The summed E-state index contributed by atoms with van der Waals surface area (Å²) >= 11 is 6.14. The van der Waals surface area contributed by atoms with Crippen molar-refractivity contribution < 1.29 is 34.8 Å². The Morgan fingerprint density at radius 3 is 2.50 bits per heavy atom. The Balaban J connectivity index is 2.04. The number of primary amides is 1. The number of nitrogens with two attached hydrogens (primary N) is 1. The average molecular weight is 404 g/mol. The van der Waals surface area contributed by atoms with E-state index < -0.39 is 52.5 Å². The number of carbonyl (C=O) groups excluding carboxylic acids is 3. The average Bonchev–Trinajstić information content (AvgIpc) is 2.61. The summed E-state index contributed by atoms with van der Waals surface area (Å²) in [6.45, 7) is 0. The van der Waals surface area contributed by atoms with Gasteiger partial charge in [0.2, 0.25) is 5.78 Å². The fourth-order valence-corrected chi connectivity index (χ4v) is 4.33. The van der Waals surface area contributed by atoms with Gasteiger partial charge in [0.05, 0.1) is 10.9 Å². The smallest absolute Gasteiger partial charge is 0.255 e. The van der Waals surface area contributed by atoms with Crippen molar-refractivity contribution in [1.82, 2.24) is 0 Å². The molecule has 2 atom stereocenters. The van der Waals surface area contributed by atoms with Crippen LogP contribution in [0, 0.1) is 5.92 Å². The molecule has 0 spiro atoms. The number of hydrogen-bond donors (Lipinski definition) is 5. The highest BCUT2D eigenvalue weighted by Gasteiger charge is 2.57. The second-order valence-corrected chi connectivity index (χ2v) is 7.37. The van der Waals surface area contributed by atoms with Gasteiger partial charge in [-0.15, -0.1) is 0 Å². The Hall–Kier alpha value is -3.10. The van der Waals surface area contributed by atoms with E-state index in [-0.39, 0.29) is 33.5 Å². The number of carbonyl (C=O) groups is 3. The molecule has 144 valence electrons. The number of ketones is 2. The van der Waals surface area contributed by atoms with Crippen LogP contribution in [0.1, 0.15) is 22.3 Å². The molecule has 0 fully saturated rings. The van der Waals surface area contributed by atoms with E-state index in [0.29, 0.717) is 5.56 Å². The second kappa shape index (κ2) is 5.70. The molecule has 2 aliphatic rings. The highest BCUT2D eigenvalue weighted by Crippen LogP contribution is 2.49. The quantitative estimate of drug-likeness (QED) is 0.448. The van der Waals surface area contributed by atoms with Crippen molar-refractivity contribution in [3.8, 4) is 11.5 Å². The fourth-order valence-electron chi connectivity index (χ4n) is 4.12. The van der Waals surface area contributed by atoms with Crippen molar-refractivity contribution >= 4 is 39.8 Å². The first kappa shape index (κ1) is 18.3. The van der Waals surface area contributed by atoms with Crippen LogP contribution in [0.5, 0.6) is 11.5 Å². The Bertz CT molecular complexity index is 1150. The maximum Gasteiger partial charge on any atom is 0.255 e. The predicted octanol–water partition coefficient (Wildman–Crippen LogP) is 1.26. The number of phenols is 2. The monoisotopic (exact) mass is 403 g/mol. The largest absolute Gasteiger partial charge is 0.508 e. The molecule has 2 aromatic rings. The summed E-state index contributed by atoms with van der Waals surface area (Å²) in [4.78, 5) is 36.9. The lowest BCUT2D eigenvalue weighted by Gasteiger charge is -2.41. The number of aliphatic hydroxyl groups excluding tert-OH is 1. The summed E-state index contributed by atoms with van der Waals surface area (Å²) < 4.78 is 0. The van der Waals surface area contributed by atoms with E-state index in [4.69, 9.17) is 17.3 Å². The Labute approximate surface area is 162 Å². The van der Waals surface area contributed by atoms with Crippen LogP contribution in [-0.2, 0) is 16.0 Å². The van der Waals surface area contributed by atoms with Crippen LogP contribution in [0.15, 0.2) is 29.5 Å². The molecule has 4 rings (SSSR count). The normalized spacial score (nSPS) is 24.3. The van der Waals surface area contributed by atoms with Crippen LogP contribution in [-0.4, -0.2) is 43.5 Å². The SMILES string of the molecule is NC(=O)C1=C(O)[C@@]2(O)C(=O)c3c(cc4c(Cl)ccc(O)c4c3O)C[C@H]2CC1=O. The molecule has 0 unspecified atom stereocenters. The van der Waals surface area contributed by atoms with Gasteiger partial charge in [-0.3, -0.25) is 14.4 Å². The van der Waals surface area contributed by atoms with Crippen LogP contribution in [0.3, 0.4) is 0 Å². The maximum absolute atomic E-state index is 13.1. The molecular formula is C19H14ClNO7. The summed E-state index contributed by atoms with van der Waals surface area (Å²) in [7, 11) is 0. The third-order valence-electron chi connectivity index (χ3n) is 5.47. The van der Waals surface area contributed by atoms with Crippen molar-refractivity contribution in [1.29, 1.82) is 0 Å². The summed E-state index contributed by atoms with van der Waals surface area (Å²) in [5.41, 5.74) is 1.65. The first-order chi connectivity index (χ1) is 13.1. The Kier molecular flexibility index (Phi) is 3.72. The summed E-state index contributed by atoms with van der Waals surface area (Å²) in [6, 6.07) is 4.14. The van der Waals surface area contributed by atoms with Crippen molar-refractivity contribution in [2.24, 2.45) is 11.7 Å². The Morgan fingerprint density at radius 1 is 1.18 bits per heavy atom. The van der Waals surface area contributed by atoms with E-state index in [2.05, 4.69) is 0 Å². The van der Waals surface area contributed by atoms with Crippen molar-refractivity contribution in [2.45, 2.75) is 18.4 Å². The number of hydrogen-bond acceptors (Lipinski definition) is 7. The third kappa shape index (κ3) is 2.12. The molecule has 6 N–H and O–H groups in total. The standard InChI is InChI=1S/C19H14ClNO7/c20-9-1-2-10(22)13-8(9)4-6-3-7-5-11(23)14(18(21)27)17(26)19(7,28)16(25)12(6)15(13)24/h1-2,4,7,22,24,26,28H,3,5H2,(H2,21,27)/t7-,19-/m0/s1. The minimum Gasteiger partial charge on any atom is -0.508 e. The number of fused-ring (bicyclic) bond motifs is 3. The molecule has 0 saturated carbocycles. The van der Waals surface area contributed by atoms with E-state index in [1.807, 2.05) is 0 Å². The van der Waals surface area contributed by atoms with Crippen LogP contribution in [0.2, 0.25) is 5.02 Å². The first-order valence-corrected chi connectivity index (χ1v) is 8.66. The first-order valence-electron chi connectivity index (χ1n) is 8.28. The zero-order valence-electron chi connectivity index (χ0n) is 14.2. The molecule has 1 amide bonds. The van der Waals surface area contributed by atoms with Crippen LogP contribution in [0.4, 0.5) is 0 Å². The van der Waals surface area contributed by atoms with E-state index >= 15 is 0 Å². The number of amides is 1. The highest BCUT2D eigenvalue weighted by atomic mass is 35.5. The summed E-state index contributed by atoms with van der Waals surface area (Å²) in [5, 5.41) is 42.6. The van der Waals surface area contributed by atoms with Gasteiger partial charge in [0.15, 0.2) is 11.4 Å². The molecule has 2 aromatic carbocycles. The molecule has 0 radical (unpaired) electrons. The van der Waals surface area contributed by atoms with Gasteiger partial charge < -0.3 is 26.2 Å². The Morgan fingerprint density at radius 2 is 1.86 bits per heavy atom. The molecule has 8 nitrogen and oxygen atoms in total. The van der Waals surface area contributed by atoms with Gasteiger partial charge in [0, 0.05) is 22.7 Å². The van der Waals surface area contributed by atoms with Gasteiger partial charge in [0.25, 0.3) is 5.91 Å². The number of aromatic hydroxyl groups is 2. The molecule has 9 heteroatoms. The van der Waals surface area contributed by atoms with E-state index in [1.54, 1.807) is 0 Å². The van der Waals surface area contributed by atoms with E-state index in [9.17, 15) is 34.8 Å². The molecule has 2 aliphatic carbocycles. The van der Waals surface area contributed by atoms with Gasteiger partial charge in [0.1, 0.15) is 22.8 Å². The topological polar surface area (TPSA) is 158 Å². The van der Waals surface area contributed by atoms with E-state index in [1.165, 1.54) is 18.2 Å². The number of aliphatic hydroxyl groups is 2. The van der Waals surface area contributed by atoms with Gasteiger partial charge in [-0.25, -0.2) is 0 Å². The number of Topliss-reactive ketones (excluding diaryl/α,β-unsaturated/α-hetero) is 2. The van der Waals surface area contributed by atoms with Crippen LogP contribution >= 0.6 is 11.6 Å². The molecule has 0 saturated heterocycles. The summed E-state index contributed by atoms with van der Waals surface area (Å²) in [5.74, 6) is -6.27. The molecule has 0 aromatic heterocycles. The van der Waals surface area contributed by atoms with Crippen molar-refractivity contribution in [3.63, 3.8) is 0 Å². The molecule has 0 bridgehead atoms. The van der Waals surface area contributed by atoms with Gasteiger partial charge in [-0.2, -0.15) is 0 Å². The summed E-state index contributed by atoms with van der Waals surface area (Å²) in [6.07, 6.45) is -0.453. The zero-order chi connectivity index (χ0) is 20.5. The van der Waals surface area contributed by atoms with Gasteiger partial charge in [-0.1, -0.05) is 11.6 Å². The van der Waals surface area contributed by atoms with Crippen molar-refractivity contribution in [3.05, 3.63) is 45.7 Å². The number of benzene rings is 2. The minimum atomic E-state index is -2.59. The third-order valence-corrected chi connectivity index (χ3v) is 5.80. The zero-order valence-corrected chi connectivity index (χ0v) is 14.9. The predicted molar refractivity (Wildman–Crippen MR) is 97.2 cm³/mol. The minimum absolute atomic E-state index is 0.0606. The van der Waals surface area contributed by atoms with Gasteiger partial charge in [-0.05, 0) is 30.2 Å². The maximum atomic E-state index is 13.1. The lowest BCUT2D eigenvalue weighted by molar-refractivity contribution is -0.125. The molecular weight excluding hydrogens is 390 g/mol. The molecule has 28 heavy (non-hydrogen) atoms. The number of phenolic OH excluding ortho intramolecular Hbond substituents is 2. The lowest BCUT2D eigenvalue weighted by atomic mass is 9.64. The second-order valence-electron chi connectivity index (χ2n) is 6.96. The number of halogens is 1. The number of rotatable bonds is 1.